The first-order valence-corrected chi connectivity index (χ1v) is 5.91. The number of hydrogen-bond donors (Lipinski definition) is 1. The molecule has 0 amide bonds. The summed E-state index contributed by atoms with van der Waals surface area (Å²) in [5, 5.41) is 0. The zero-order valence-electron chi connectivity index (χ0n) is 10.4. The van der Waals surface area contributed by atoms with Gasteiger partial charge in [-0.3, -0.25) is 0 Å². The van der Waals surface area contributed by atoms with Gasteiger partial charge in [0.15, 0.2) is 0 Å². The van der Waals surface area contributed by atoms with Gasteiger partial charge in [0.25, 0.3) is 0 Å². The number of carbonyl (C=O) groups is 1. The van der Waals surface area contributed by atoms with E-state index in [1.54, 1.807) is 12.4 Å². The maximum Gasteiger partial charge on any atom is 0.338 e. The van der Waals surface area contributed by atoms with E-state index in [0.717, 1.165) is 22.2 Å². The van der Waals surface area contributed by atoms with Crippen molar-refractivity contribution in [3.63, 3.8) is 0 Å². The molecule has 0 bridgehead atoms. The van der Waals surface area contributed by atoms with Crippen LogP contribution in [0, 0.1) is 0 Å². The third kappa shape index (κ3) is 1.87. The number of nitrogens with zero attached hydrogens (tertiary/aromatic N) is 1. The van der Waals surface area contributed by atoms with E-state index in [0.29, 0.717) is 5.56 Å². The molecule has 0 unspecified atom stereocenters. The summed E-state index contributed by atoms with van der Waals surface area (Å²) in [6.07, 6.45) is 1.65. The molecule has 0 atom stereocenters. The molecule has 19 heavy (non-hydrogen) atoms. The normalized spacial score (nSPS) is 10.6. The van der Waals surface area contributed by atoms with Gasteiger partial charge in [-0.05, 0) is 17.7 Å². The lowest BCUT2D eigenvalue weighted by atomic mass is 9.98. The molecule has 0 aliphatic carbocycles. The molecule has 2 aromatic carbocycles. The van der Waals surface area contributed by atoms with Crippen LogP contribution in [0.1, 0.15) is 10.4 Å². The molecule has 0 saturated heterocycles. The minimum absolute atomic E-state index is 0.344. The molecule has 0 fully saturated rings. The van der Waals surface area contributed by atoms with Crippen molar-refractivity contribution in [3.8, 4) is 11.1 Å². The third-order valence-electron chi connectivity index (χ3n) is 3.07. The highest BCUT2D eigenvalue weighted by molar-refractivity contribution is 6.02. The molecular weight excluding hydrogens is 240 g/mol. The largest absolute Gasteiger partial charge is 0.465 e. The van der Waals surface area contributed by atoms with Gasteiger partial charge in [0.2, 0.25) is 0 Å². The van der Waals surface area contributed by atoms with Gasteiger partial charge in [-0.2, -0.15) is 0 Å². The molecule has 0 radical (unpaired) electrons. The lowest BCUT2D eigenvalue weighted by molar-refractivity contribution is 0.0601. The topological polar surface area (TPSA) is 55.0 Å². The minimum Gasteiger partial charge on any atom is -0.465 e. The fraction of sp³-hybridized carbons (Fsp3) is 0.0667. The second-order valence-corrected chi connectivity index (χ2v) is 4.14. The van der Waals surface area contributed by atoms with Gasteiger partial charge in [-0.1, -0.05) is 30.3 Å². The highest BCUT2D eigenvalue weighted by Gasteiger charge is 2.15. The second kappa shape index (κ2) is 4.57. The maximum absolute atomic E-state index is 11.8. The molecule has 4 heteroatoms. The summed E-state index contributed by atoms with van der Waals surface area (Å²) >= 11 is 0. The quantitative estimate of drug-likeness (QED) is 0.713. The zero-order valence-corrected chi connectivity index (χ0v) is 10.4. The van der Waals surface area contributed by atoms with E-state index in [1.165, 1.54) is 7.11 Å². The molecule has 0 aliphatic rings. The van der Waals surface area contributed by atoms with Crippen molar-refractivity contribution in [1.29, 1.82) is 0 Å². The molecule has 3 rings (SSSR count). The Labute approximate surface area is 110 Å². The zero-order chi connectivity index (χ0) is 13.2. The fourth-order valence-electron chi connectivity index (χ4n) is 2.19. The van der Waals surface area contributed by atoms with Gasteiger partial charge in [0, 0.05) is 5.56 Å². The fourth-order valence-corrected chi connectivity index (χ4v) is 2.19. The number of aromatic amines is 1. The number of ether oxygens (including phenoxy) is 1. The number of carbonyl (C=O) groups excluding carboxylic acids is 1. The Balaban J connectivity index is 2.27. The predicted octanol–water partition coefficient (Wildman–Crippen LogP) is 3.02. The Morgan fingerprint density at radius 1 is 1.11 bits per heavy atom. The Morgan fingerprint density at radius 2 is 1.89 bits per heavy atom. The van der Waals surface area contributed by atoms with Crippen LogP contribution in [0.5, 0.6) is 0 Å². The molecule has 4 nitrogen and oxygen atoms in total. The van der Waals surface area contributed by atoms with Crippen LogP contribution < -0.4 is 0 Å². The number of benzene rings is 2. The highest BCUT2D eigenvalue weighted by atomic mass is 16.5. The molecule has 1 aromatic heterocycles. The number of rotatable bonds is 2. The third-order valence-corrected chi connectivity index (χ3v) is 3.07. The van der Waals surface area contributed by atoms with Gasteiger partial charge in [-0.25, -0.2) is 9.78 Å². The number of aromatic nitrogens is 2. The van der Waals surface area contributed by atoms with E-state index in [9.17, 15) is 4.79 Å². The monoisotopic (exact) mass is 252 g/mol. The van der Waals surface area contributed by atoms with Crippen molar-refractivity contribution in [2.24, 2.45) is 0 Å². The second-order valence-electron chi connectivity index (χ2n) is 4.14. The summed E-state index contributed by atoms with van der Waals surface area (Å²) in [6, 6.07) is 13.2. The van der Waals surface area contributed by atoms with E-state index in [4.69, 9.17) is 4.74 Å². The van der Waals surface area contributed by atoms with Crippen LogP contribution in [-0.2, 0) is 4.74 Å². The number of imidazole rings is 1. The average Bonchev–Trinajstić information content (AvgIpc) is 2.94. The van der Waals surface area contributed by atoms with Crippen molar-refractivity contribution in [1.82, 2.24) is 9.97 Å². The summed E-state index contributed by atoms with van der Waals surface area (Å²) in [7, 11) is 1.38. The number of esters is 1. The van der Waals surface area contributed by atoms with Crippen LogP contribution in [0.25, 0.3) is 22.2 Å². The molecule has 94 valence electrons. The van der Waals surface area contributed by atoms with Crippen LogP contribution in [0.15, 0.2) is 48.8 Å². The van der Waals surface area contributed by atoms with Crippen LogP contribution in [0.3, 0.4) is 0 Å². The lowest BCUT2D eigenvalue weighted by Crippen LogP contribution is -2.03. The maximum atomic E-state index is 11.8. The average molecular weight is 252 g/mol. The summed E-state index contributed by atoms with van der Waals surface area (Å²) in [4.78, 5) is 19.2. The summed E-state index contributed by atoms with van der Waals surface area (Å²) in [5.74, 6) is -0.344. The van der Waals surface area contributed by atoms with Crippen LogP contribution in [0.4, 0.5) is 0 Å². The molecule has 3 aromatic rings. The van der Waals surface area contributed by atoms with Gasteiger partial charge in [0.1, 0.15) is 0 Å². The highest BCUT2D eigenvalue weighted by Crippen LogP contribution is 2.29. The van der Waals surface area contributed by atoms with Crippen molar-refractivity contribution in [3.05, 3.63) is 54.4 Å². The van der Waals surface area contributed by atoms with Crippen LogP contribution >= 0.6 is 0 Å². The van der Waals surface area contributed by atoms with Gasteiger partial charge in [0.05, 0.1) is 30.0 Å². The van der Waals surface area contributed by atoms with Gasteiger partial charge >= 0.3 is 5.97 Å². The molecule has 0 aliphatic heterocycles. The Bertz CT molecular complexity index is 746. The minimum atomic E-state index is -0.344. The van der Waals surface area contributed by atoms with Gasteiger partial charge in [-0.15, -0.1) is 0 Å². The van der Waals surface area contributed by atoms with E-state index < -0.39 is 0 Å². The number of H-pyrrole nitrogens is 1. The lowest BCUT2D eigenvalue weighted by Gasteiger charge is -2.08. The van der Waals surface area contributed by atoms with Crippen molar-refractivity contribution < 1.29 is 9.53 Å². The summed E-state index contributed by atoms with van der Waals surface area (Å²) < 4.78 is 4.82. The van der Waals surface area contributed by atoms with Crippen LogP contribution in [0.2, 0.25) is 0 Å². The van der Waals surface area contributed by atoms with Gasteiger partial charge < -0.3 is 9.72 Å². The molecule has 1 N–H and O–H groups in total. The van der Waals surface area contributed by atoms with E-state index in [1.807, 2.05) is 36.4 Å². The standard InChI is InChI=1S/C15H12N2O2/c1-19-15(18)12-6-3-2-5-10(12)11-7-4-8-13-14(11)17-9-16-13/h2-9H,1H3,(H,16,17). The van der Waals surface area contributed by atoms with Crippen molar-refractivity contribution >= 4 is 17.0 Å². The molecule has 0 spiro atoms. The SMILES string of the molecule is COC(=O)c1ccccc1-c1cccc2[nH]cnc12. The van der Waals surface area contributed by atoms with E-state index in [2.05, 4.69) is 9.97 Å². The molecule has 1 heterocycles. The number of para-hydroxylation sites is 1. The number of fused-ring (bicyclic) bond motifs is 1. The molecular formula is C15H12N2O2. The Morgan fingerprint density at radius 3 is 2.74 bits per heavy atom. The Kier molecular flexibility index (Phi) is 2.76. The van der Waals surface area contributed by atoms with Crippen LogP contribution in [-0.4, -0.2) is 23.0 Å². The first-order chi connectivity index (χ1) is 9.31. The molecule has 0 saturated carbocycles. The van der Waals surface area contributed by atoms with Crippen molar-refractivity contribution in [2.75, 3.05) is 7.11 Å². The predicted molar refractivity (Wildman–Crippen MR) is 72.9 cm³/mol. The first kappa shape index (κ1) is 11.5. The first-order valence-electron chi connectivity index (χ1n) is 5.91. The van der Waals surface area contributed by atoms with E-state index >= 15 is 0 Å². The number of methoxy groups -OCH3 is 1. The van der Waals surface area contributed by atoms with E-state index in [-0.39, 0.29) is 5.97 Å². The number of hydrogen-bond acceptors (Lipinski definition) is 3. The summed E-state index contributed by atoms with van der Waals surface area (Å²) in [6.45, 7) is 0. The van der Waals surface area contributed by atoms with Crippen molar-refractivity contribution in [2.45, 2.75) is 0 Å². The smallest absolute Gasteiger partial charge is 0.338 e. The summed E-state index contributed by atoms with van der Waals surface area (Å²) in [5.41, 5.74) is 4.07. The Hall–Kier alpha value is -2.62. The number of nitrogens with one attached hydrogen (secondary N) is 1.